The number of halogens is 4. The molecule has 0 aliphatic carbocycles. The Morgan fingerprint density at radius 1 is 1.07 bits per heavy atom. The van der Waals surface area contributed by atoms with Gasteiger partial charge in [-0.3, -0.25) is 9.69 Å². The number of likely N-dealkylation sites (tertiary alicyclic amines) is 1. The molecule has 0 saturated carbocycles. The number of rotatable bonds is 14. The zero-order chi connectivity index (χ0) is 32.1. The molecule has 0 spiro atoms. The molecular formula is C30H38F4N2O7S. The van der Waals surface area contributed by atoms with E-state index in [1.165, 1.54) is 23.5 Å². The fourth-order valence-electron chi connectivity index (χ4n) is 5.89. The van der Waals surface area contributed by atoms with Crippen LogP contribution in [0, 0.1) is 11.7 Å². The van der Waals surface area contributed by atoms with Crippen LogP contribution in [-0.4, -0.2) is 82.2 Å². The minimum Gasteiger partial charge on any atom is -0.494 e. The number of methoxy groups -OCH3 is 1. The van der Waals surface area contributed by atoms with E-state index in [2.05, 4.69) is 0 Å². The van der Waals surface area contributed by atoms with E-state index in [0.717, 1.165) is 5.56 Å². The molecule has 0 bridgehead atoms. The maximum absolute atomic E-state index is 15.0. The number of benzene rings is 2. The lowest BCUT2D eigenvalue weighted by Crippen LogP contribution is -2.41. The third-order valence-electron chi connectivity index (χ3n) is 7.86. The number of esters is 1. The van der Waals surface area contributed by atoms with Crippen LogP contribution in [0.4, 0.5) is 17.6 Å². The van der Waals surface area contributed by atoms with Crippen LogP contribution in [0.1, 0.15) is 56.2 Å². The van der Waals surface area contributed by atoms with Gasteiger partial charge >= 0.3 is 12.1 Å². The first-order chi connectivity index (χ1) is 20.9. The second-order valence-electron chi connectivity index (χ2n) is 10.8. The smallest absolute Gasteiger partial charge is 0.389 e. The number of nitrogens with zero attached hydrogens (tertiary/aromatic N) is 2. The number of alkyl halides is 3. The highest BCUT2D eigenvalue weighted by molar-refractivity contribution is 7.89. The molecule has 14 heteroatoms. The molecule has 0 aromatic heterocycles. The molecule has 4 rings (SSSR count). The van der Waals surface area contributed by atoms with Crippen LogP contribution in [0.2, 0.25) is 0 Å². The van der Waals surface area contributed by atoms with Crippen LogP contribution in [0.3, 0.4) is 0 Å². The highest BCUT2D eigenvalue weighted by Crippen LogP contribution is 2.48. The highest BCUT2D eigenvalue weighted by Gasteiger charge is 2.48. The summed E-state index contributed by atoms with van der Waals surface area (Å²) in [5.74, 6) is -1.89. The molecule has 0 N–H and O–H groups in total. The van der Waals surface area contributed by atoms with E-state index in [4.69, 9.17) is 18.9 Å². The SMILES string of the molecule is CCCN(CCN1C[C@H](c2ccc3c(c2)OCO3)[C@@H](C(=O)OCC)[C@@H]1c1ccc(OC)c(F)c1)S(=O)(=O)CCCC(F)(F)F. The normalized spacial score (nSPS) is 20.3. The van der Waals surface area contributed by atoms with Gasteiger partial charge in [-0.1, -0.05) is 19.1 Å². The molecule has 3 atom stereocenters. The Labute approximate surface area is 255 Å². The van der Waals surface area contributed by atoms with Crippen LogP contribution in [-0.2, 0) is 19.6 Å². The summed E-state index contributed by atoms with van der Waals surface area (Å²) in [6, 6.07) is 9.08. The predicted molar refractivity (Wildman–Crippen MR) is 154 cm³/mol. The topological polar surface area (TPSA) is 94.6 Å². The molecule has 9 nitrogen and oxygen atoms in total. The van der Waals surface area contributed by atoms with Crippen molar-refractivity contribution < 1.29 is 49.7 Å². The van der Waals surface area contributed by atoms with Gasteiger partial charge in [0, 0.05) is 44.6 Å². The number of carbonyl (C=O) groups is 1. The molecule has 0 radical (unpaired) electrons. The van der Waals surface area contributed by atoms with E-state index < -0.39 is 64.5 Å². The third kappa shape index (κ3) is 7.94. The summed E-state index contributed by atoms with van der Waals surface area (Å²) >= 11 is 0. The lowest BCUT2D eigenvalue weighted by atomic mass is 9.82. The number of carbonyl (C=O) groups excluding carboxylic acids is 1. The van der Waals surface area contributed by atoms with Gasteiger partial charge in [0.2, 0.25) is 16.8 Å². The second kappa shape index (κ2) is 14.3. The van der Waals surface area contributed by atoms with E-state index in [9.17, 15) is 30.8 Å². The maximum Gasteiger partial charge on any atom is 0.389 e. The fraction of sp³-hybridized carbons (Fsp3) is 0.567. The van der Waals surface area contributed by atoms with Crippen LogP contribution in [0.25, 0.3) is 0 Å². The van der Waals surface area contributed by atoms with Crippen molar-refractivity contribution in [1.82, 2.24) is 9.21 Å². The first-order valence-corrected chi connectivity index (χ1v) is 16.2. The van der Waals surface area contributed by atoms with Gasteiger partial charge in [0.05, 0.1) is 25.4 Å². The lowest BCUT2D eigenvalue weighted by molar-refractivity contribution is -0.149. The molecule has 244 valence electrons. The van der Waals surface area contributed by atoms with Gasteiger partial charge in [-0.25, -0.2) is 17.1 Å². The first-order valence-electron chi connectivity index (χ1n) is 14.6. The molecule has 2 aliphatic rings. The zero-order valence-electron chi connectivity index (χ0n) is 24.9. The van der Waals surface area contributed by atoms with Crippen molar-refractivity contribution >= 4 is 16.0 Å². The number of fused-ring (bicyclic) bond motifs is 1. The summed E-state index contributed by atoms with van der Waals surface area (Å²) in [6.07, 6.45) is -5.73. The average Bonchev–Trinajstić information content (AvgIpc) is 3.59. The van der Waals surface area contributed by atoms with Crippen molar-refractivity contribution in [3.8, 4) is 17.2 Å². The molecule has 0 unspecified atom stereocenters. The largest absolute Gasteiger partial charge is 0.494 e. The Morgan fingerprint density at radius 2 is 1.80 bits per heavy atom. The van der Waals surface area contributed by atoms with E-state index >= 15 is 0 Å². The summed E-state index contributed by atoms with van der Waals surface area (Å²) < 4.78 is 102. The fourth-order valence-corrected chi connectivity index (χ4v) is 7.48. The summed E-state index contributed by atoms with van der Waals surface area (Å²) in [4.78, 5) is 15.5. The Balaban J connectivity index is 1.68. The van der Waals surface area contributed by atoms with Gasteiger partial charge < -0.3 is 18.9 Å². The minimum atomic E-state index is -4.45. The van der Waals surface area contributed by atoms with E-state index in [0.29, 0.717) is 23.5 Å². The highest BCUT2D eigenvalue weighted by atomic mass is 32.2. The van der Waals surface area contributed by atoms with Crippen molar-refractivity contribution in [2.24, 2.45) is 5.92 Å². The molecule has 0 amide bonds. The Morgan fingerprint density at radius 3 is 2.45 bits per heavy atom. The minimum absolute atomic E-state index is 0.0253. The second-order valence-corrected chi connectivity index (χ2v) is 12.9. The third-order valence-corrected chi connectivity index (χ3v) is 9.82. The average molecular weight is 647 g/mol. The Bertz CT molecular complexity index is 1410. The van der Waals surface area contributed by atoms with Gasteiger partial charge in [0.1, 0.15) is 0 Å². The summed E-state index contributed by atoms with van der Waals surface area (Å²) in [5.41, 5.74) is 1.23. The van der Waals surface area contributed by atoms with Crippen molar-refractivity contribution in [1.29, 1.82) is 0 Å². The zero-order valence-corrected chi connectivity index (χ0v) is 25.8. The van der Waals surface area contributed by atoms with Crippen molar-refractivity contribution in [2.75, 3.05) is 52.4 Å². The molecule has 2 aromatic carbocycles. The quantitative estimate of drug-likeness (QED) is 0.203. The number of sulfonamides is 1. The first kappa shape index (κ1) is 33.8. The van der Waals surface area contributed by atoms with E-state index in [1.807, 2.05) is 11.0 Å². The van der Waals surface area contributed by atoms with Crippen LogP contribution < -0.4 is 14.2 Å². The van der Waals surface area contributed by atoms with Gasteiger partial charge in [0.25, 0.3) is 0 Å². The standard InChI is InChI=1S/C30H38F4N2O7S/c1-4-12-36(44(38,39)15-6-11-30(32,33)34)14-13-35-18-22(20-7-10-25-26(17-20)43-19-42-25)27(29(37)41-5-2)28(35)21-8-9-24(40-3)23(31)16-21/h7-10,16-17,22,27-28H,4-6,11-15,18-19H2,1-3H3/t22-,27-,28+/m1/s1. The number of hydrogen-bond acceptors (Lipinski definition) is 8. The molecule has 44 heavy (non-hydrogen) atoms. The molecule has 1 saturated heterocycles. The summed E-state index contributed by atoms with van der Waals surface area (Å²) in [6.45, 7) is 4.17. The lowest BCUT2D eigenvalue weighted by Gasteiger charge is -2.30. The predicted octanol–water partition coefficient (Wildman–Crippen LogP) is 5.27. The van der Waals surface area contributed by atoms with Crippen molar-refractivity contribution in [2.45, 2.75) is 51.2 Å². The molecular weight excluding hydrogens is 608 g/mol. The van der Waals surface area contributed by atoms with Crippen LogP contribution >= 0.6 is 0 Å². The monoisotopic (exact) mass is 646 g/mol. The van der Waals surface area contributed by atoms with Crippen LogP contribution in [0.5, 0.6) is 17.2 Å². The van der Waals surface area contributed by atoms with Crippen LogP contribution in [0.15, 0.2) is 36.4 Å². The van der Waals surface area contributed by atoms with Gasteiger partial charge in [0.15, 0.2) is 23.1 Å². The van der Waals surface area contributed by atoms with Gasteiger partial charge in [-0.2, -0.15) is 13.2 Å². The Hall–Kier alpha value is -3.10. The number of hydrogen-bond donors (Lipinski definition) is 0. The Kier molecular flexibility index (Phi) is 11.0. The van der Waals surface area contributed by atoms with Gasteiger partial charge in [-0.15, -0.1) is 0 Å². The molecule has 2 heterocycles. The van der Waals surface area contributed by atoms with Crippen molar-refractivity contribution in [3.63, 3.8) is 0 Å². The molecule has 2 aromatic rings. The number of ether oxygens (including phenoxy) is 4. The molecule has 2 aliphatic heterocycles. The van der Waals surface area contributed by atoms with Crippen molar-refractivity contribution in [3.05, 3.63) is 53.3 Å². The van der Waals surface area contributed by atoms with E-state index in [1.54, 1.807) is 32.0 Å². The maximum atomic E-state index is 15.0. The summed E-state index contributed by atoms with van der Waals surface area (Å²) in [7, 11) is -2.66. The van der Waals surface area contributed by atoms with Gasteiger partial charge in [-0.05, 0) is 55.2 Å². The molecule has 1 fully saturated rings. The van der Waals surface area contributed by atoms with E-state index in [-0.39, 0.29) is 45.3 Å². The summed E-state index contributed by atoms with van der Waals surface area (Å²) in [5, 5.41) is 0.